The van der Waals surface area contributed by atoms with Crippen LogP contribution in [0.15, 0.2) is 35.8 Å². The zero-order chi connectivity index (χ0) is 18.2. The van der Waals surface area contributed by atoms with E-state index in [2.05, 4.69) is 20.5 Å². The molecular formula is C19H24N4O2S. The highest BCUT2D eigenvalue weighted by Gasteiger charge is 2.16. The third kappa shape index (κ3) is 5.05. The van der Waals surface area contributed by atoms with Crippen molar-refractivity contribution in [3.8, 4) is 0 Å². The van der Waals surface area contributed by atoms with Crippen LogP contribution in [0.2, 0.25) is 0 Å². The van der Waals surface area contributed by atoms with Crippen molar-refractivity contribution in [1.82, 2.24) is 15.6 Å². The summed E-state index contributed by atoms with van der Waals surface area (Å²) >= 11 is 1.39. The van der Waals surface area contributed by atoms with Gasteiger partial charge >= 0.3 is 0 Å². The fourth-order valence-corrected chi connectivity index (χ4v) is 3.67. The summed E-state index contributed by atoms with van der Waals surface area (Å²) in [6.07, 6.45) is 5.71. The molecule has 2 aromatic heterocycles. The minimum Gasteiger partial charge on any atom is -0.356 e. The quantitative estimate of drug-likeness (QED) is 0.783. The Balaban J connectivity index is 1.45. The first-order valence-corrected chi connectivity index (χ1v) is 9.89. The van der Waals surface area contributed by atoms with Crippen LogP contribution in [0.3, 0.4) is 0 Å². The molecule has 26 heavy (non-hydrogen) atoms. The van der Waals surface area contributed by atoms with Crippen molar-refractivity contribution in [2.75, 3.05) is 24.5 Å². The van der Waals surface area contributed by atoms with E-state index in [1.807, 2.05) is 23.6 Å². The number of nitrogens with zero attached hydrogens (tertiary/aromatic N) is 2. The van der Waals surface area contributed by atoms with Crippen LogP contribution in [0, 0.1) is 0 Å². The molecule has 0 unspecified atom stereocenters. The minimum absolute atomic E-state index is 0.0788. The number of rotatable bonds is 7. The summed E-state index contributed by atoms with van der Waals surface area (Å²) in [4.78, 5) is 31.4. The maximum absolute atomic E-state index is 12.1. The van der Waals surface area contributed by atoms with Crippen LogP contribution in [0.1, 0.15) is 40.9 Å². The molecule has 7 heteroatoms. The van der Waals surface area contributed by atoms with Crippen LogP contribution < -0.4 is 15.5 Å². The molecular weight excluding hydrogens is 348 g/mol. The number of nitrogens with one attached hydrogen (secondary N) is 2. The van der Waals surface area contributed by atoms with E-state index in [-0.39, 0.29) is 18.2 Å². The molecule has 1 fully saturated rings. The molecule has 0 spiro atoms. The van der Waals surface area contributed by atoms with Crippen molar-refractivity contribution in [1.29, 1.82) is 0 Å². The van der Waals surface area contributed by atoms with Gasteiger partial charge in [-0.25, -0.2) is 4.98 Å². The summed E-state index contributed by atoms with van der Waals surface area (Å²) in [7, 11) is 0. The van der Waals surface area contributed by atoms with Gasteiger partial charge in [0.2, 0.25) is 5.91 Å². The zero-order valence-corrected chi connectivity index (χ0v) is 15.6. The molecule has 2 N–H and O–H groups in total. The Morgan fingerprint density at radius 1 is 1.12 bits per heavy atom. The molecule has 3 rings (SSSR count). The van der Waals surface area contributed by atoms with Gasteiger partial charge in [-0.3, -0.25) is 9.59 Å². The van der Waals surface area contributed by atoms with Gasteiger partial charge < -0.3 is 15.5 Å². The van der Waals surface area contributed by atoms with Crippen LogP contribution in [-0.4, -0.2) is 36.4 Å². The molecule has 3 heterocycles. The number of carbonyl (C=O) groups is 2. The Hall–Kier alpha value is -2.41. The average Bonchev–Trinajstić information content (AvgIpc) is 3.22. The Bertz CT molecular complexity index is 727. The summed E-state index contributed by atoms with van der Waals surface area (Å²) in [5, 5.41) is 7.56. The molecule has 0 atom stereocenters. The molecule has 2 amide bonds. The normalized spacial score (nSPS) is 14.1. The molecule has 0 radical (unpaired) electrons. The molecule has 0 aromatic carbocycles. The van der Waals surface area contributed by atoms with Gasteiger partial charge in [0.1, 0.15) is 5.82 Å². The highest BCUT2D eigenvalue weighted by molar-refractivity contribution is 7.12. The number of hydrogen-bond acceptors (Lipinski definition) is 5. The minimum atomic E-state index is -0.132. The SMILES string of the molecule is O=C(CCNC(=O)c1cccs1)NCc1cccnc1N1CCCCC1. The van der Waals surface area contributed by atoms with Crippen molar-refractivity contribution in [2.24, 2.45) is 0 Å². The Kier molecular flexibility index (Phi) is 6.60. The monoisotopic (exact) mass is 372 g/mol. The van der Waals surface area contributed by atoms with Crippen molar-refractivity contribution >= 4 is 29.0 Å². The molecule has 2 aromatic rings. The number of carbonyl (C=O) groups excluding carboxylic acids is 2. The van der Waals surface area contributed by atoms with E-state index in [1.165, 1.54) is 30.6 Å². The van der Waals surface area contributed by atoms with Crippen molar-refractivity contribution in [3.63, 3.8) is 0 Å². The predicted octanol–water partition coefficient (Wildman–Crippen LogP) is 2.57. The first-order valence-electron chi connectivity index (χ1n) is 9.01. The van der Waals surface area contributed by atoms with Crippen LogP contribution in [0.4, 0.5) is 5.82 Å². The lowest BCUT2D eigenvalue weighted by Gasteiger charge is -2.29. The van der Waals surface area contributed by atoms with Gasteiger partial charge in [0.25, 0.3) is 5.91 Å². The van der Waals surface area contributed by atoms with Crippen LogP contribution in [-0.2, 0) is 11.3 Å². The van der Waals surface area contributed by atoms with Gasteiger partial charge in [-0.05, 0) is 36.8 Å². The van der Waals surface area contributed by atoms with E-state index in [0.717, 1.165) is 24.5 Å². The Morgan fingerprint density at radius 2 is 1.96 bits per heavy atom. The van der Waals surface area contributed by atoms with Crippen LogP contribution in [0.25, 0.3) is 0 Å². The first kappa shape index (κ1) is 18.4. The van der Waals surface area contributed by atoms with E-state index in [1.54, 1.807) is 12.3 Å². The summed E-state index contributed by atoms with van der Waals surface area (Å²) in [6.45, 7) is 2.82. The second-order valence-corrected chi connectivity index (χ2v) is 7.24. The summed E-state index contributed by atoms with van der Waals surface area (Å²) in [6, 6.07) is 7.51. The van der Waals surface area contributed by atoms with Gasteiger partial charge in [0.05, 0.1) is 4.88 Å². The zero-order valence-electron chi connectivity index (χ0n) is 14.7. The number of aromatic nitrogens is 1. The molecule has 0 saturated carbocycles. The topological polar surface area (TPSA) is 74.3 Å². The fourth-order valence-electron chi connectivity index (χ4n) is 3.03. The Labute approximate surface area is 157 Å². The number of hydrogen-bond donors (Lipinski definition) is 2. The van der Waals surface area contributed by atoms with E-state index in [4.69, 9.17) is 0 Å². The number of amides is 2. The van der Waals surface area contributed by atoms with Crippen LogP contribution in [0.5, 0.6) is 0 Å². The second-order valence-electron chi connectivity index (χ2n) is 6.29. The third-order valence-corrected chi connectivity index (χ3v) is 5.25. The first-order chi connectivity index (χ1) is 12.7. The average molecular weight is 372 g/mol. The van der Waals surface area contributed by atoms with Gasteiger partial charge in [-0.1, -0.05) is 12.1 Å². The van der Waals surface area contributed by atoms with Crippen molar-refractivity contribution in [2.45, 2.75) is 32.2 Å². The fraction of sp³-hybridized carbons (Fsp3) is 0.421. The summed E-state index contributed by atoms with van der Waals surface area (Å²) in [5.41, 5.74) is 1.03. The smallest absolute Gasteiger partial charge is 0.261 e. The van der Waals surface area contributed by atoms with Gasteiger partial charge in [-0.2, -0.15) is 0 Å². The van der Waals surface area contributed by atoms with Crippen molar-refractivity contribution in [3.05, 3.63) is 46.3 Å². The number of anilines is 1. The highest BCUT2D eigenvalue weighted by Crippen LogP contribution is 2.21. The lowest BCUT2D eigenvalue weighted by molar-refractivity contribution is -0.121. The standard InChI is InChI=1S/C19H24N4O2S/c24-17(8-10-21-19(25)16-7-5-13-26-16)22-14-15-6-4-9-20-18(15)23-11-2-1-3-12-23/h4-7,9,13H,1-3,8,10-12,14H2,(H,21,25)(H,22,24). The van der Waals surface area contributed by atoms with E-state index >= 15 is 0 Å². The maximum atomic E-state index is 12.1. The van der Waals surface area contributed by atoms with E-state index in [0.29, 0.717) is 18.0 Å². The molecule has 1 aliphatic heterocycles. The second kappa shape index (κ2) is 9.33. The van der Waals surface area contributed by atoms with Crippen molar-refractivity contribution < 1.29 is 9.59 Å². The Morgan fingerprint density at radius 3 is 2.73 bits per heavy atom. The molecule has 1 aliphatic rings. The number of piperidine rings is 1. The summed E-state index contributed by atoms with van der Waals surface area (Å²) < 4.78 is 0. The lowest BCUT2D eigenvalue weighted by Crippen LogP contribution is -2.33. The predicted molar refractivity (Wildman–Crippen MR) is 103 cm³/mol. The van der Waals surface area contributed by atoms with Gasteiger partial charge in [-0.15, -0.1) is 11.3 Å². The molecule has 1 saturated heterocycles. The largest absolute Gasteiger partial charge is 0.356 e. The number of pyridine rings is 1. The van der Waals surface area contributed by atoms with E-state index < -0.39 is 0 Å². The third-order valence-electron chi connectivity index (χ3n) is 4.38. The highest BCUT2D eigenvalue weighted by atomic mass is 32.1. The van der Waals surface area contributed by atoms with E-state index in [9.17, 15) is 9.59 Å². The molecule has 138 valence electrons. The lowest BCUT2D eigenvalue weighted by atomic mass is 10.1. The van der Waals surface area contributed by atoms with Gasteiger partial charge in [0, 0.05) is 44.4 Å². The molecule has 0 bridgehead atoms. The summed E-state index contributed by atoms with van der Waals surface area (Å²) in [5.74, 6) is 0.760. The number of thiophene rings is 1. The van der Waals surface area contributed by atoms with Gasteiger partial charge in [0.15, 0.2) is 0 Å². The molecule has 6 nitrogen and oxygen atoms in total. The molecule has 0 aliphatic carbocycles. The van der Waals surface area contributed by atoms with Crippen LogP contribution >= 0.6 is 11.3 Å². The maximum Gasteiger partial charge on any atom is 0.261 e.